The molecule has 114 valence electrons. The first-order valence-corrected chi connectivity index (χ1v) is 6.12. The van der Waals surface area contributed by atoms with E-state index < -0.39 is 23.7 Å². The van der Waals surface area contributed by atoms with E-state index in [1.807, 2.05) is 0 Å². The number of halogens is 1. The number of carbonyl (C=O) groups excluding carboxylic acids is 1. The highest BCUT2D eigenvalue weighted by atomic mass is 19.1. The van der Waals surface area contributed by atoms with E-state index in [0.29, 0.717) is 5.75 Å². The first-order valence-electron chi connectivity index (χ1n) is 6.12. The van der Waals surface area contributed by atoms with Gasteiger partial charge in [0.05, 0.1) is 13.2 Å². The van der Waals surface area contributed by atoms with Gasteiger partial charge in [0, 0.05) is 0 Å². The van der Waals surface area contributed by atoms with Gasteiger partial charge in [0.25, 0.3) is 5.91 Å². The van der Waals surface area contributed by atoms with Gasteiger partial charge in [-0.3, -0.25) is 4.79 Å². The molecule has 1 atom stereocenters. The predicted octanol–water partition coefficient (Wildman–Crippen LogP) is 0.976. The molecule has 0 saturated heterocycles. The molecule has 2 N–H and O–H groups in total. The van der Waals surface area contributed by atoms with E-state index in [9.17, 15) is 14.0 Å². The molecule has 0 heterocycles. The molecule has 0 aromatic heterocycles. The Morgan fingerprint density at radius 3 is 2.62 bits per heavy atom. The molecule has 1 unspecified atom stereocenters. The van der Waals surface area contributed by atoms with Crippen molar-refractivity contribution >= 4 is 11.9 Å². The van der Waals surface area contributed by atoms with Crippen LogP contribution in [0.1, 0.15) is 0 Å². The van der Waals surface area contributed by atoms with Crippen LogP contribution in [0.3, 0.4) is 0 Å². The van der Waals surface area contributed by atoms with Crippen LogP contribution >= 0.6 is 0 Å². The molecule has 6 nitrogen and oxygen atoms in total. The van der Waals surface area contributed by atoms with Crippen LogP contribution in [-0.2, 0) is 14.3 Å². The first-order chi connectivity index (χ1) is 10.0. The van der Waals surface area contributed by atoms with E-state index in [0.717, 1.165) is 0 Å². The highest BCUT2D eigenvalue weighted by molar-refractivity contribution is 5.84. The summed E-state index contributed by atoms with van der Waals surface area (Å²) in [6.07, 6.45) is 1.47. The lowest BCUT2D eigenvalue weighted by Gasteiger charge is -2.14. The van der Waals surface area contributed by atoms with Crippen molar-refractivity contribution in [3.63, 3.8) is 0 Å². The summed E-state index contributed by atoms with van der Waals surface area (Å²) in [5.74, 6) is -1.94. The summed E-state index contributed by atoms with van der Waals surface area (Å²) in [4.78, 5) is 22.5. The summed E-state index contributed by atoms with van der Waals surface area (Å²) < 4.78 is 22.8. The highest BCUT2D eigenvalue weighted by Crippen LogP contribution is 2.10. The van der Waals surface area contributed by atoms with Gasteiger partial charge in [-0.25, -0.2) is 9.18 Å². The molecule has 0 spiro atoms. The first kappa shape index (κ1) is 16.6. The van der Waals surface area contributed by atoms with Crippen LogP contribution in [-0.4, -0.2) is 42.8 Å². The predicted molar refractivity (Wildman–Crippen MR) is 72.5 cm³/mol. The van der Waals surface area contributed by atoms with E-state index in [4.69, 9.17) is 14.6 Å². The third-order valence-electron chi connectivity index (χ3n) is 2.34. The number of carbonyl (C=O) groups is 2. The molecule has 0 aliphatic carbocycles. The number of carboxylic acid groups (broad SMARTS) is 1. The maximum atomic E-state index is 12.7. The summed E-state index contributed by atoms with van der Waals surface area (Å²) >= 11 is 0. The van der Waals surface area contributed by atoms with Crippen LogP contribution in [0, 0.1) is 5.82 Å². The van der Waals surface area contributed by atoms with E-state index in [2.05, 4.69) is 11.9 Å². The molecular formula is C14H16FNO5. The molecule has 0 radical (unpaired) electrons. The average molecular weight is 297 g/mol. The SMILES string of the molecule is C=CCOCC(NC(=O)COc1ccc(F)cc1)C(=O)O. The van der Waals surface area contributed by atoms with Crippen LogP contribution < -0.4 is 10.1 Å². The smallest absolute Gasteiger partial charge is 0.328 e. The molecular weight excluding hydrogens is 281 g/mol. The van der Waals surface area contributed by atoms with Crippen LogP contribution in [0.4, 0.5) is 4.39 Å². The molecule has 0 bridgehead atoms. The molecule has 1 amide bonds. The lowest BCUT2D eigenvalue weighted by molar-refractivity contribution is -0.143. The second-order valence-corrected chi connectivity index (χ2v) is 4.03. The number of rotatable bonds is 9. The Labute approximate surface area is 121 Å². The standard InChI is InChI=1S/C14H16FNO5/c1-2-7-20-8-12(14(18)19)16-13(17)9-21-11-5-3-10(15)4-6-11/h2-6,12H,1,7-9H2,(H,16,17)(H,18,19). The molecule has 0 aliphatic rings. The van der Waals surface area contributed by atoms with Gasteiger partial charge < -0.3 is 19.9 Å². The monoisotopic (exact) mass is 297 g/mol. The number of benzene rings is 1. The van der Waals surface area contributed by atoms with E-state index >= 15 is 0 Å². The van der Waals surface area contributed by atoms with Crippen molar-refractivity contribution in [3.8, 4) is 5.75 Å². The number of aliphatic carboxylic acids is 1. The number of nitrogens with one attached hydrogen (secondary N) is 1. The van der Waals surface area contributed by atoms with Crippen LogP contribution in [0.2, 0.25) is 0 Å². The number of carboxylic acids is 1. The fourth-order valence-electron chi connectivity index (χ4n) is 1.36. The summed E-state index contributed by atoms with van der Waals surface area (Å²) in [6.45, 7) is 3.06. The van der Waals surface area contributed by atoms with Crippen molar-refractivity contribution in [2.75, 3.05) is 19.8 Å². The van der Waals surface area contributed by atoms with Gasteiger partial charge >= 0.3 is 5.97 Å². The Hall–Kier alpha value is -2.41. The molecule has 1 aromatic rings. The van der Waals surface area contributed by atoms with Crippen molar-refractivity contribution in [1.29, 1.82) is 0 Å². The van der Waals surface area contributed by atoms with Crippen molar-refractivity contribution in [3.05, 3.63) is 42.7 Å². The molecule has 7 heteroatoms. The van der Waals surface area contributed by atoms with E-state index in [1.54, 1.807) is 0 Å². The van der Waals surface area contributed by atoms with Crippen LogP contribution in [0.5, 0.6) is 5.75 Å². The zero-order valence-electron chi connectivity index (χ0n) is 11.3. The van der Waals surface area contributed by atoms with Gasteiger partial charge in [-0.2, -0.15) is 0 Å². The second-order valence-electron chi connectivity index (χ2n) is 4.03. The van der Waals surface area contributed by atoms with Gasteiger partial charge in [0.1, 0.15) is 11.6 Å². The molecule has 21 heavy (non-hydrogen) atoms. The molecule has 0 aliphatic heterocycles. The lowest BCUT2D eigenvalue weighted by atomic mass is 10.3. The summed E-state index contributed by atoms with van der Waals surface area (Å²) in [7, 11) is 0. The molecule has 1 aromatic carbocycles. The average Bonchev–Trinajstić information content (AvgIpc) is 2.45. The summed E-state index contributed by atoms with van der Waals surface area (Å²) in [5, 5.41) is 11.2. The van der Waals surface area contributed by atoms with Crippen molar-refractivity contribution in [2.24, 2.45) is 0 Å². The minimum absolute atomic E-state index is 0.177. The Morgan fingerprint density at radius 1 is 1.38 bits per heavy atom. The number of ether oxygens (including phenoxy) is 2. The Kier molecular flexibility index (Phi) is 6.90. The second kappa shape index (κ2) is 8.70. The summed E-state index contributed by atoms with van der Waals surface area (Å²) in [5.41, 5.74) is 0. The Morgan fingerprint density at radius 2 is 2.05 bits per heavy atom. The topological polar surface area (TPSA) is 84.9 Å². The summed E-state index contributed by atoms with van der Waals surface area (Å²) in [6, 6.07) is 3.94. The van der Waals surface area contributed by atoms with Gasteiger partial charge in [-0.05, 0) is 24.3 Å². The molecule has 0 fully saturated rings. The number of hydrogen-bond donors (Lipinski definition) is 2. The van der Waals surface area contributed by atoms with Crippen molar-refractivity contribution < 1.29 is 28.6 Å². The number of hydrogen-bond acceptors (Lipinski definition) is 4. The third kappa shape index (κ3) is 6.53. The minimum Gasteiger partial charge on any atom is -0.484 e. The van der Waals surface area contributed by atoms with E-state index in [1.165, 1.54) is 30.3 Å². The highest BCUT2D eigenvalue weighted by Gasteiger charge is 2.20. The fourth-order valence-corrected chi connectivity index (χ4v) is 1.36. The number of amides is 1. The molecule has 0 saturated carbocycles. The van der Waals surface area contributed by atoms with Crippen LogP contribution in [0.15, 0.2) is 36.9 Å². The largest absolute Gasteiger partial charge is 0.484 e. The Bertz CT molecular complexity index is 489. The zero-order chi connectivity index (χ0) is 15.7. The minimum atomic E-state index is -1.21. The van der Waals surface area contributed by atoms with Crippen LogP contribution in [0.25, 0.3) is 0 Å². The fraction of sp³-hybridized carbons (Fsp3) is 0.286. The molecule has 1 rings (SSSR count). The van der Waals surface area contributed by atoms with Crippen molar-refractivity contribution in [2.45, 2.75) is 6.04 Å². The van der Waals surface area contributed by atoms with Gasteiger partial charge in [0.15, 0.2) is 12.6 Å². The van der Waals surface area contributed by atoms with Gasteiger partial charge in [-0.1, -0.05) is 6.08 Å². The lowest BCUT2D eigenvalue weighted by Crippen LogP contribution is -2.45. The normalized spacial score (nSPS) is 11.5. The van der Waals surface area contributed by atoms with Gasteiger partial charge in [-0.15, -0.1) is 6.58 Å². The third-order valence-corrected chi connectivity index (χ3v) is 2.34. The van der Waals surface area contributed by atoms with Gasteiger partial charge in [0.2, 0.25) is 0 Å². The maximum absolute atomic E-state index is 12.7. The quantitative estimate of drug-likeness (QED) is 0.524. The Balaban J connectivity index is 2.40. The maximum Gasteiger partial charge on any atom is 0.328 e. The van der Waals surface area contributed by atoms with Crippen molar-refractivity contribution in [1.82, 2.24) is 5.32 Å². The van der Waals surface area contributed by atoms with E-state index in [-0.39, 0.29) is 19.8 Å². The zero-order valence-corrected chi connectivity index (χ0v) is 11.3.